The maximum Gasteiger partial charge on any atom is 0.408 e. The second-order valence-corrected chi connectivity index (χ2v) is 21.2. The molecular formula is C48H60ClF3N8O8S. The fraction of sp³-hybridized carbons (Fsp3) is 0.583. The van der Waals surface area contributed by atoms with Crippen LogP contribution in [0.5, 0.6) is 11.5 Å². The number of amides is 3. The highest BCUT2D eigenvalue weighted by molar-refractivity contribution is 7.14. The highest BCUT2D eigenvalue weighted by Gasteiger charge is 2.62. The Labute approximate surface area is 408 Å². The minimum atomic E-state index is -4.25. The number of alkyl halides is 3. The number of halogens is 4. The number of carbonyl (C=O) groups is 4. The van der Waals surface area contributed by atoms with E-state index in [-0.39, 0.29) is 49.1 Å². The maximum absolute atomic E-state index is 14.9. The molecule has 2 saturated heterocycles. The second kappa shape index (κ2) is 19.9. The number of methoxy groups -OCH3 is 1. The summed E-state index contributed by atoms with van der Waals surface area (Å²) in [5, 5.41) is 12.2. The van der Waals surface area contributed by atoms with Crippen molar-refractivity contribution >= 4 is 62.8 Å². The molecule has 0 bridgehead atoms. The van der Waals surface area contributed by atoms with Crippen molar-refractivity contribution in [2.24, 2.45) is 17.3 Å². The van der Waals surface area contributed by atoms with Crippen LogP contribution in [-0.2, 0) is 23.9 Å². The summed E-state index contributed by atoms with van der Waals surface area (Å²) in [4.78, 5) is 70.4. The molecule has 2 aromatic heterocycles. The van der Waals surface area contributed by atoms with Gasteiger partial charge < -0.3 is 39.8 Å². The van der Waals surface area contributed by atoms with Crippen LogP contribution >= 0.6 is 22.9 Å². The van der Waals surface area contributed by atoms with Crippen LogP contribution in [-0.4, -0.2) is 150 Å². The number of pyridine rings is 1. The molecule has 5 aliphatic rings. The normalized spacial score (nSPS) is 25.1. The summed E-state index contributed by atoms with van der Waals surface area (Å²) < 4.78 is 62.7. The molecule has 7 atom stereocenters. The number of fused-ring (bicyclic) bond motifs is 2. The van der Waals surface area contributed by atoms with Gasteiger partial charge in [0, 0.05) is 67.9 Å². The van der Waals surface area contributed by atoms with Crippen LogP contribution in [0.25, 0.3) is 22.3 Å². The number of hydrogen-bond donors (Lipinski definition) is 3. The zero-order chi connectivity index (χ0) is 49.6. The summed E-state index contributed by atoms with van der Waals surface area (Å²) in [5.41, 5.74) is 0.387. The van der Waals surface area contributed by atoms with Crippen molar-refractivity contribution in [3.05, 3.63) is 52.9 Å². The van der Waals surface area contributed by atoms with Gasteiger partial charge in [-0.25, -0.2) is 19.6 Å². The first-order valence-corrected chi connectivity index (χ1v) is 24.6. The number of nitrogens with zero attached hydrogens (tertiary/aromatic N) is 5. The van der Waals surface area contributed by atoms with Crippen molar-refractivity contribution < 1.29 is 51.3 Å². The molecule has 2 aliphatic heterocycles. The zero-order valence-electron chi connectivity index (χ0n) is 39.6. The van der Waals surface area contributed by atoms with Crippen LogP contribution in [0.3, 0.4) is 0 Å². The van der Waals surface area contributed by atoms with Crippen LogP contribution in [0.15, 0.2) is 47.9 Å². The van der Waals surface area contributed by atoms with Crippen LogP contribution < -0.4 is 25.4 Å². The van der Waals surface area contributed by atoms with Gasteiger partial charge in [0.05, 0.1) is 31.4 Å². The number of likely N-dealkylation sites (tertiary alicyclic amines) is 1. The van der Waals surface area contributed by atoms with Crippen molar-refractivity contribution in [2.75, 3.05) is 64.8 Å². The predicted molar refractivity (Wildman–Crippen MR) is 254 cm³/mol. The van der Waals surface area contributed by atoms with Crippen molar-refractivity contribution in [1.82, 2.24) is 35.3 Å². The summed E-state index contributed by atoms with van der Waals surface area (Å²) in [7, 11) is 1.24. The third-order valence-corrected chi connectivity index (χ3v) is 14.4. The number of ether oxygens (including phenoxy) is 4. The third-order valence-electron chi connectivity index (χ3n) is 13.3. The Bertz CT molecular complexity index is 2490. The molecule has 3 N–H and O–H groups in total. The topological polar surface area (TPSA) is 177 Å². The number of alkyl carbamates (subject to hydrolysis) is 1. The minimum Gasteiger partial charge on any atom is -0.491 e. The Hall–Kier alpha value is -5.18. The lowest BCUT2D eigenvalue weighted by molar-refractivity contribution is -0.149. The largest absolute Gasteiger partial charge is 0.491 e. The van der Waals surface area contributed by atoms with E-state index in [2.05, 4.69) is 22.5 Å². The first-order valence-electron chi connectivity index (χ1n) is 23.3. The van der Waals surface area contributed by atoms with Gasteiger partial charge in [-0.1, -0.05) is 44.0 Å². The number of hydrogen-bond acceptors (Lipinski definition) is 14. The number of aromatic nitrogens is 2. The van der Waals surface area contributed by atoms with Gasteiger partial charge >= 0.3 is 18.2 Å². The van der Waals surface area contributed by atoms with Gasteiger partial charge in [0.15, 0.2) is 5.13 Å². The van der Waals surface area contributed by atoms with Gasteiger partial charge in [-0.15, -0.1) is 17.9 Å². The number of anilines is 1. The number of rotatable bonds is 17. The number of thiazole rings is 1. The van der Waals surface area contributed by atoms with Crippen molar-refractivity contribution in [3.8, 4) is 22.9 Å². The van der Waals surface area contributed by atoms with E-state index in [1.54, 1.807) is 24.3 Å². The van der Waals surface area contributed by atoms with Crippen molar-refractivity contribution in [2.45, 2.75) is 102 Å². The SMILES string of the molecule is C=C[C@@H]1CC1(NC(=O)[C@@H]1CC(Oc2cc(-c3csc(NC(C)C)n3)nc3c(Cl)c(OCCN4CCN(CC(F)(F)F)CC4)ccc23)CN1C(=O)[C@@H](NC(=O)O[C@@H]1C=C2C[C@@H]2C1)C(C)(C)C)C(=O)OC. The highest BCUT2D eigenvalue weighted by Crippen LogP contribution is 2.48. The van der Waals surface area contributed by atoms with E-state index in [0.29, 0.717) is 84.0 Å². The van der Waals surface area contributed by atoms with Crippen LogP contribution in [0.1, 0.15) is 60.3 Å². The molecule has 8 rings (SSSR count). The summed E-state index contributed by atoms with van der Waals surface area (Å²) in [5.74, 6) is -1.04. The Balaban J connectivity index is 1.07. The van der Waals surface area contributed by atoms with Gasteiger partial charge in [0.1, 0.15) is 58.7 Å². The molecule has 1 aromatic carbocycles. The van der Waals surface area contributed by atoms with E-state index in [1.165, 1.54) is 33.8 Å². The molecule has 2 saturated carbocycles. The maximum atomic E-state index is 14.9. The first kappa shape index (κ1) is 50.2. The molecule has 2 unspecified atom stereocenters. The molecule has 4 heterocycles. The summed E-state index contributed by atoms with van der Waals surface area (Å²) >= 11 is 8.51. The quantitative estimate of drug-likeness (QED) is 0.0949. The number of benzene rings is 1. The van der Waals surface area contributed by atoms with Gasteiger partial charge in [-0.3, -0.25) is 19.4 Å². The lowest BCUT2D eigenvalue weighted by Crippen LogP contribution is -2.59. The third kappa shape index (κ3) is 11.6. The van der Waals surface area contributed by atoms with Gasteiger partial charge in [0.2, 0.25) is 11.8 Å². The molecule has 0 spiro atoms. The summed E-state index contributed by atoms with van der Waals surface area (Å²) in [6.45, 7) is 14.4. The average molecular weight is 1000 g/mol. The first-order chi connectivity index (χ1) is 32.6. The van der Waals surface area contributed by atoms with Gasteiger partial charge in [-0.2, -0.15) is 13.2 Å². The number of allylic oxidation sites excluding steroid dienone is 1. The molecule has 16 nitrogen and oxygen atoms in total. The zero-order valence-corrected chi connectivity index (χ0v) is 41.2. The molecule has 4 fully saturated rings. The molecule has 21 heteroatoms. The molecular weight excluding hydrogens is 941 g/mol. The standard InChI is InChI=1S/C48H60ClF3N8O8S/c1-8-29-22-47(29,43(63)65-7)57-41(61)35-20-31(23-60(35)42(62)40(46(4,5)6)56-45(64)68-30-18-27-17-28(27)19-30)67-37-21-33(34-24-69-44(55-34)53-26(2)3)54-39-32(37)9-10-36(38(39)49)66-16-15-58-11-13-59(14-12-58)25-48(50,51)52/h8-10,18,21,24,26,28-31,35,40H,1,11-17,19-20,22-23,25H2,2-7H3,(H,53,55)(H,56,64)(H,57,61)/t28-,29-,30-,31?,35+,40-,47?/m1/s1. The van der Waals surface area contributed by atoms with E-state index in [1.807, 2.05) is 51.0 Å². The number of esters is 1. The van der Waals surface area contributed by atoms with E-state index < -0.39 is 65.7 Å². The van der Waals surface area contributed by atoms with E-state index >= 15 is 0 Å². The van der Waals surface area contributed by atoms with E-state index in [9.17, 15) is 32.3 Å². The smallest absolute Gasteiger partial charge is 0.408 e. The molecule has 374 valence electrons. The van der Waals surface area contributed by atoms with Crippen LogP contribution in [0.2, 0.25) is 5.02 Å². The molecule has 3 aromatic rings. The monoisotopic (exact) mass is 1000 g/mol. The fourth-order valence-electron chi connectivity index (χ4n) is 9.44. The molecule has 3 aliphatic carbocycles. The molecule has 3 amide bonds. The minimum absolute atomic E-state index is 0.00360. The Kier molecular flexibility index (Phi) is 14.5. The van der Waals surface area contributed by atoms with Crippen molar-refractivity contribution in [3.63, 3.8) is 0 Å². The fourth-order valence-corrected chi connectivity index (χ4v) is 10.6. The van der Waals surface area contributed by atoms with Crippen LogP contribution in [0, 0.1) is 17.3 Å². The Morgan fingerprint density at radius 1 is 1.04 bits per heavy atom. The Morgan fingerprint density at radius 2 is 1.78 bits per heavy atom. The lowest BCUT2D eigenvalue weighted by Gasteiger charge is -2.35. The van der Waals surface area contributed by atoms with Crippen LogP contribution in [0.4, 0.5) is 23.1 Å². The summed E-state index contributed by atoms with van der Waals surface area (Å²) in [6.07, 6.45) is -0.639. The predicted octanol–water partition coefficient (Wildman–Crippen LogP) is 6.83. The van der Waals surface area contributed by atoms with E-state index in [4.69, 9.17) is 40.5 Å². The second-order valence-electron chi connectivity index (χ2n) is 19.9. The number of nitrogens with one attached hydrogen (secondary N) is 3. The average Bonchev–Trinajstić information content (AvgIpc) is 3.95. The molecule has 0 radical (unpaired) electrons. The Morgan fingerprint density at radius 3 is 2.42 bits per heavy atom. The van der Waals surface area contributed by atoms with E-state index in [0.717, 1.165) is 6.42 Å². The van der Waals surface area contributed by atoms with Crippen molar-refractivity contribution in [1.29, 1.82) is 0 Å². The number of carbonyl (C=O) groups excluding carboxylic acids is 4. The van der Waals surface area contributed by atoms with Gasteiger partial charge in [-0.05, 0) is 62.7 Å². The highest BCUT2D eigenvalue weighted by atomic mass is 35.5. The molecule has 69 heavy (non-hydrogen) atoms. The summed E-state index contributed by atoms with van der Waals surface area (Å²) in [6, 6.07) is 3.02. The van der Waals surface area contributed by atoms with Gasteiger partial charge in [0.25, 0.3) is 0 Å². The lowest BCUT2D eigenvalue weighted by atomic mass is 9.85. The number of piperazine rings is 1.